The molecule has 0 saturated heterocycles. The zero-order valence-electron chi connectivity index (χ0n) is 30.4. The molecule has 0 aromatic heterocycles. The van der Waals surface area contributed by atoms with Gasteiger partial charge in [-0.05, 0) is 95.8 Å². The van der Waals surface area contributed by atoms with Crippen LogP contribution in [0.5, 0.6) is 46.0 Å². The summed E-state index contributed by atoms with van der Waals surface area (Å²) in [5, 5.41) is 119. The molecule has 4 rings (SSSR count). The summed E-state index contributed by atoms with van der Waals surface area (Å²) in [6.07, 6.45) is -3.25. The summed E-state index contributed by atoms with van der Waals surface area (Å²) in [6.45, 7) is 0. The average Bonchev–Trinajstić information content (AvgIpc) is 3.17. The van der Waals surface area contributed by atoms with Gasteiger partial charge in [0.2, 0.25) is 12.2 Å². The molecule has 4 atom stereocenters. The molecule has 4 aromatic carbocycles. The number of esters is 2. The summed E-state index contributed by atoms with van der Waals surface area (Å²) >= 11 is 0. The van der Waals surface area contributed by atoms with Crippen LogP contribution in [-0.4, -0.2) is 109 Å². The van der Waals surface area contributed by atoms with Crippen LogP contribution in [0.3, 0.4) is 0 Å². The maximum atomic E-state index is 12.7. The summed E-state index contributed by atoms with van der Waals surface area (Å²) in [4.78, 5) is 73.7. The van der Waals surface area contributed by atoms with Crippen LogP contribution in [-0.2, 0) is 51.1 Å². The van der Waals surface area contributed by atoms with Gasteiger partial charge in [0.05, 0.1) is 11.8 Å². The molecule has 0 spiro atoms. The van der Waals surface area contributed by atoms with Crippen molar-refractivity contribution < 1.29 is 99.5 Å². The number of hydrogen-bond acceptors (Lipinski definition) is 16. The molecule has 0 heterocycles. The largest absolute Gasteiger partial charge is 0.504 e. The van der Waals surface area contributed by atoms with Gasteiger partial charge in [-0.1, -0.05) is 12.1 Å². The molecule has 0 unspecified atom stereocenters. The third-order valence-corrected chi connectivity index (χ3v) is 8.66. The Morgan fingerprint density at radius 2 is 0.800 bits per heavy atom. The third-order valence-electron chi connectivity index (χ3n) is 8.66. The Kier molecular flexibility index (Phi) is 13.8. The molecule has 20 heteroatoms. The molecule has 0 bridgehead atoms. The minimum Gasteiger partial charge on any atom is -0.504 e. The standard InChI is InChI=1S/C40H34O20/c41-25-5-1-17(13-27(25)43)11-23(37(51)52)21-9-19(15-29(45)33(21)49)3-7-31(47)59-35(39(55)56)36(40(57)58)60-32(48)8-4-20-10-22(34(50)30(46)16-20)24(38(53)54)12-18-2-6-26(42)28(44)14-18/h1-10,13-16,23-24,35-36,41-46,49-50H,11-12H2,(H,51,52)(H,53,54)(H,55,56)(H,57,58)/t23-,24-,35-,36+/m1/s1. The quantitative estimate of drug-likeness (QED) is 0.0413. The molecule has 12 N–H and O–H groups in total. The second-order valence-electron chi connectivity index (χ2n) is 12.8. The Bertz CT molecular complexity index is 2250. The van der Waals surface area contributed by atoms with Crippen molar-refractivity contribution in [2.45, 2.75) is 36.9 Å². The molecular formula is C40H34O20. The first-order chi connectivity index (χ1) is 28.2. The minimum atomic E-state index is -2.68. The SMILES string of the molecule is O=C(C=Cc1cc(O)c(O)c([C@@H](Cc2ccc(O)c(O)c2)C(=O)O)c1)O[C@H](C(=O)O)[C@@H](OC(=O)C=Cc1cc(O)c(O)c([C@@H](Cc2ccc(O)c(O)c2)C(=O)O)c1)C(=O)O. The second kappa shape index (κ2) is 18.7. The van der Waals surface area contributed by atoms with E-state index >= 15 is 0 Å². The van der Waals surface area contributed by atoms with Crippen molar-refractivity contribution in [1.82, 2.24) is 0 Å². The van der Waals surface area contributed by atoms with Crippen LogP contribution in [0.15, 0.2) is 72.8 Å². The van der Waals surface area contributed by atoms with Crippen molar-refractivity contribution in [3.8, 4) is 46.0 Å². The van der Waals surface area contributed by atoms with Crippen molar-refractivity contribution in [3.63, 3.8) is 0 Å². The first-order valence-corrected chi connectivity index (χ1v) is 17.0. The van der Waals surface area contributed by atoms with Crippen LogP contribution in [0.25, 0.3) is 12.2 Å². The lowest BCUT2D eigenvalue weighted by molar-refractivity contribution is -0.183. The number of carbonyl (C=O) groups excluding carboxylic acids is 2. The molecule has 0 saturated carbocycles. The van der Waals surface area contributed by atoms with Gasteiger partial charge in [-0.2, -0.15) is 0 Å². The third kappa shape index (κ3) is 10.9. The highest BCUT2D eigenvalue weighted by Gasteiger charge is 2.40. The predicted octanol–water partition coefficient (Wildman–Crippen LogP) is 2.87. The topological polar surface area (TPSA) is 364 Å². The van der Waals surface area contributed by atoms with Gasteiger partial charge in [-0.25, -0.2) is 19.2 Å². The number of carboxylic acids is 4. The summed E-state index contributed by atoms with van der Waals surface area (Å²) in [5.41, 5.74) is -0.620. The number of carbonyl (C=O) groups is 6. The van der Waals surface area contributed by atoms with Gasteiger partial charge < -0.3 is 70.8 Å². The van der Waals surface area contributed by atoms with E-state index in [0.717, 1.165) is 60.7 Å². The fraction of sp³-hybridized carbons (Fsp3) is 0.150. The lowest BCUT2D eigenvalue weighted by Gasteiger charge is -2.19. The Balaban J connectivity index is 1.52. The molecule has 0 aliphatic carbocycles. The van der Waals surface area contributed by atoms with Gasteiger partial charge in [0, 0.05) is 23.3 Å². The van der Waals surface area contributed by atoms with E-state index in [4.69, 9.17) is 9.47 Å². The van der Waals surface area contributed by atoms with E-state index in [0.29, 0.717) is 12.2 Å². The summed E-state index contributed by atoms with van der Waals surface area (Å²) in [7, 11) is 0. The second-order valence-corrected chi connectivity index (χ2v) is 12.8. The van der Waals surface area contributed by atoms with Gasteiger partial charge in [0.1, 0.15) is 0 Å². The molecular weight excluding hydrogens is 800 g/mol. The molecule has 0 amide bonds. The van der Waals surface area contributed by atoms with Crippen molar-refractivity contribution in [3.05, 3.63) is 106 Å². The van der Waals surface area contributed by atoms with Gasteiger partial charge in [-0.3, -0.25) is 9.59 Å². The Morgan fingerprint density at radius 1 is 0.450 bits per heavy atom. The predicted molar refractivity (Wildman–Crippen MR) is 200 cm³/mol. The number of rotatable bonds is 17. The zero-order valence-corrected chi connectivity index (χ0v) is 30.4. The van der Waals surface area contributed by atoms with Crippen molar-refractivity contribution in [1.29, 1.82) is 0 Å². The van der Waals surface area contributed by atoms with Gasteiger partial charge >= 0.3 is 35.8 Å². The molecule has 0 aliphatic rings. The minimum absolute atomic E-state index is 0.145. The Labute approximate surface area is 336 Å². The van der Waals surface area contributed by atoms with E-state index < -0.39 is 106 Å². The Morgan fingerprint density at radius 3 is 1.10 bits per heavy atom. The molecule has 0 aliphatic heterocycles. The molecule has 314 valence electrons. The molecule has 0 radical (unpaired) electrons. The van der Waals surface area contributed by atoms with E-state index in [1.807, 2.05) is 0 Å². The number of hydrogen-bond donors (Lipinski definition) is 12. The van der Waals surface area contributed by atoms with Gasteiger partial charge in [0.25, 0.3) is 0 Å². The van der Waals surface area contributed by atoms with Crippen molar-refractivity contribution in [2.24, 2.45) is 0 Å². The molecule has 0 fully saturated rings. The molecule has 60 heavy (non-hydrogen) atoms. The van der Waals surface area contributed by atoms with Crippen molar-refractivity contribution >= 4 is 48.0 Å². The smallest absolute Gasteiger partial charge is 0.349 e. The maximum absolute atomic E-state index is 12.7. The van der Waals surface area contributed by atoms with Crippen LogP contribution >= 0.6 is 0 Å². The van der Waals surface area contributed by atoms with Crippen LogP contribution < -0.4 is 0 Å². The average molecular weight is 835 g/mol. The summed E-state index contributed by atoms with van der Waals surface area (Å²) in [5.74, 6) is -18.8. The van der Waals surface area contributed by atoms with Crippen LogP contribution in [0.4, 0.5) is 0 Å². The monoisotopic (exact) mass is 834 g/mol. The van der Waals surface area contributed by atoms with E-state index in [-0.39, 0.29) is 46.2 Å². The van der Waals surface area contributed by atoms with E-state index in [1.54, 1.807) is 0 Å². The number of phenols is 8. The number of carboxylic acid groups (broad SMARTS) is 4. The fourth-order valence-electron chi connectivity index (χ4n) is 5.72. The van der Waals surface area contributed by atoms with E-state index in [2.05, 4.69) is 0 Å². The summed E-state index contributed by atoms with van der Waals surface area (Å²) in [6, 6.07) is 10.8. The maximum Gasteiger partial charge on any atom is 0.349 e. The molecule has 20 nitrogen and oxygen atoms in total. The van der Waals surface area contributed by atoms with Crippen molar-refractivity contribution in [2.75, 3.05) is 0 Å². The Hall–Kier alpha value is -8.42. The highest BCUT2D eigenvalue weighted by atomic mass is 16.6. The lowest BCUT2D eigenvalue weighted by Crippen LogP contribution is -2.45. The first kappa shape index (κ1) is 44.3. The normalized spacial score (nSPS) is 13.3. The summed E-state index contributed by atoms with van der Waals surface area (Å²) < 4.78 is 9.49. The van der Waals surface area contributed by atoms with E-state index in [9.17, 15) is 90.0 Å². The molecule has 4 aromatic rings. The van der Waals surface area contributed by atoms with Crippen LogP contribution in [0.2, 0.25) is 0 Å². The van der Waals surface area contributed by atoms with Gasteiger partial charge in [0.15, 0.2) is 46.0 Å². The highest BCUT2D eigenvalue weighted by molar-refractivity contribution is 5.94. The fourth-order valence-corrected chi connectivity index (χ4v) is 5.72. The number of benzene rings is 4. The first-order valence-electron chi connectivity index (χ1n) is 17.0. The number of phenolic OH excluding ortho intramolecular Hbond substituents is 8. The number of aromatic hydroxyl groups is 8. The number of ether oxygens (including phenoxy) is 2. The zero-order chi connectivity index (χ0) is 44.6. The lowest BCUT2D eigenvalue weighted by atomic mass is 9.89. The van der Waals surface area contributed by atoms with Crippen LogP contribution in [0.1, 0.15) is 45.2 Å². The van der Waals surface area contributed by atoms with E-state index in [1.165, 1.54) is 12.1 Å². The van der Waals surface area contributed by atoms with Crippen LogP contribution in [0, 0.1) is 0 Å². The highest BCUT2D eigenvalue weighted by Crippen LogP contribution is 2.40. The van der Waals surface area contributed by atoms with Gasteiger partial charge in [-0.15, -0.1) is 0 Å². The number of aliphatic carboxylic acids is 4.